The summed E-state index contributed by atoms with van der Waals surface area (Å²) in [6.07, 6.45) is 1.04. The zero-order chi connectivity index (χ0) is 13.8. The Balaban J connectivity index is 2.16. The van der Waals surface area contributed by atoms with Crippen LogP contribution in [0.4, 0.5) is 17.6 Å². The second-order valence-corrected chi connectivity index (χ2v) is 4.62. The van der Waals surface area contributed by atoms with Crippen LogP contribution in [0.15, 0.2) is 16.7 Å². The predicted octanol–water partition coefficient (Wildman–Crippen LogP) is 3.04. The molecule has 2 aromatic rings. The van der Waals surface area contributed by atoms with Gasteiger partial charge in [0.15, 0.2) is 5.82 Å². The Hall–Kier alpha value is -2.11. The van der Waals surface area contributed by atoms with Gasteiger partial charge < -0.3 is 15.2 Å². The number of hydrogen-bond donors (Lipinski definition) is 2. The number of aromatic nitrogens is 3. The molecule has 0 spiro atoms. The third-order valence-electron chi connectivity index (χ3n) is 2.73. The highest BCUT2D eigenvalue weighted by Gasteiger charge is 2.07. The van der Waals surface area contributed by atoms with Crippen LogP contribution in [-0.4, -0.2) is 21.2 Å². The minimum absolute atomic E-state index is 0.372. The normalized spacial score (nSPS) is 12.2. The highest BCUT2D eigenvalue weighted by molar-refractivity contribution is 5.51. The largest absolute Gasteiger partial charge is 0.367 e. The van der Waals surface area contributed by atoms with Gasteiger partial charge in [-0.25, -0.2) is 4.98 Å². The summed E-state index contributed by atoms with van der Waals surface area (Å²) >= 11 is 0. The molecule has 6 nitrogen and oxygen atoms in total. The van der Waals surface area contributed by atoms with Gasteiger partial charge in [-0.1, -0.05) is 12.1 Å². The lowest BCUT2D eigenvalue weighted by Crippen LogP contribution is -2.15. The van der Waals surface area contributed by atoms with Crippen LogP contribution in [0.25, 0.3) is 0 Å². The molecule has 2 rings (SSSR count). The van der Waals surface area contributed by atoms with Gasteiger partial charge in [-0.2, -0.15) is 4.98 Å². The highest BCUT2D eigenvalue weighted by atomic mass is 16.5. The van der Waals surface area contributed by atoms with Crippen molar-refractivity contribution in [1.29, 1.82) is 0 Å². The van der Waals surface area contributed by atoms with E-state index in [0.717, 1.165) is 23.7 Å². The molecule has 2 aromatic heterocycles. The summed E-state index contributed by atoms with van der Waals surface area (Å²) in [7, 11) is 0. The average molecular weight is 261 g/mol. The van der Waals surface area contributed by atoms with E-state index in [-0.39, 0.29) is 0 Å². The fourth-order valence-corrected chi connectivity index (χ4v) is 1.59. The SMILES string of the molecule is CCC(C)Nc1cc(C)nc(Nc2cc(C)on2)n1. The first-order valence-electron chi connectivity index (χ1n) is 6.39. The molecule has 1 atom stereocenters. The van der Waals surface area contributed by atoms with Gasteiger partial charge in [0.2, 0.25) is 5.95 Å². The molecule has 2 heterocycles. The second kappa shape index (κ2) is 5.69. The molecule has 0 aliphatic heterocycles. The third-order valence-corrected chi connectivity index (χ3v) is 2.73. The first-order valence-corrected chi connectivity index (χ1v) is 6.39. The standard InChI is InChI=1S/C13H19N5O/c1-5-8(2)14-11-6-9(3)15-13(16-11)17-12-7-10(4)19-18-12/h6-8H,5H2,1-4H3,(H2,14,15,16,17,18). The van der Waals surface area contributed by atoms with E-state index in [0.29, 0.717) is 17.8 Å². The highest BCUT2D eigenvalue weighted by Crippen LogP contribution is 2.16. The molecule has 2 N–H and O–H groups in total. The number of aryl methyl sites for hydroxylation is 2. The molecule has 19 heavy (non-hydrogen) atoms. The van der Waals surface area contributed by atoms with E-state index in [1.807, 2.05) is 19.9 Å². The van der Waals surface area contributed by atoms with Crippen molar-refractivity contribution in [3.05, 3.63) is 23.6 Å². The quantitative estimate of drug-likeness (QED) is 0.861. The van der Waals surface area contributed by atoms with Gasteiger partial charge in [0.05, 0.1) is 0 Å². The maximum absolute atomic E-state index is 5.00. The zero-order valence-electron chi connectivity index (χ0n) is 11.7. The molecule has 0 aliphatic carbocycles. The summed E-state index contributed by atoms with van der Waals surface area (Å²) in [6, 6.07) is 4.09. The third kappa shape index (κ3) is 3.67. The minimum Gasteiger partial charge on any atom is -0.367 e. The molecular weight excluding hydrogens is 242 g/mol. The van der Waals surface area contributed by atoms with Crippen LogP contribution in [0.3, 0.4) is 0 Å². The van der Waals surface area contributed by atoms with E-state index in [4.69, 9.17) is 4.52 Å². The minimum atomic E-state index is 0.372. The van der Waals surface area contributed by atoms with Gasteiger partial charge in [0.25, 0.3) is 0 Å². The molecular formula is C13H19N5O. The maximum Gasteiger partial charge on any atom is 0.230 e. The van der Waals surface area contributed by atoms with Gasteiger partial charge in [0.1, 0.15) is 11.6 Å². The van der Waals surface area contributed by atoms with Crippen LogP contribution in [-0.2, 0) is 0 Å². The number of hydrogen-bond acceptors (Lipinski definition) is 6. The van der Waals surface area contributed by atoms with Crippen molar-refractivity contribution in [2.24, 2.45) is 0 Å². The van der Waals surface area contributed by atoms with Gasteiger partial charge in [-0.3, -0.25) is 0 Å². The van der Waals surface area contributed by atoms with E-state index in [9.17, 15) is 0 Å². The van der Waals surface area contributed by atoms with Crippen LogP contribution >= 0.6 is 0 Å². The molecule has 0 amide bonds. The first-order chi connectivity index (χ1) is 9.06. The molecule has 0 radical (unpaired) electrons. The summed E-state index contributed by atoms with van der Waals surface area (Å²) < 4.78 is 5.00. The van der Waals surface area contributed by atoms with Crippen LogP contribution in [0, 0.1) is 13.8 Å². The molecule has 0 fully saturated rings. The summed E-state index contributed by atoms with van der Waals surface area (Å²) in [5.41, 5.74) is 0.892. The average Bonchev–Trinajstić information content (AvgIpc) is 2.73. The van der Waals surface area contributed by atoms with Crippen molar-refractivity contribution in [1.82, 2.24) is 15.1 Å². The fourth-order valence-electron chi connectivity index (χ4n) is 1.59. The lowest BCUT2D eigenvalue weighted by Gasteiger charge is -2.13. The molecule has 1 unspecified atom stereocenters. The van der Waals surface area contributed by atoms with Gasteiger partial charge in [0, 0.05) is 23.9 Å². The molecule has 102 valence electrons. The topological polar surface area (TPSA) is 75.9 Å². The zero-order valence-corrected chi connectivity index (χ0v) is 11.7. The van der Waals surface area contributed by atoms with Crippen molar-refractivity contribution in [2.45, 2.75) is 40.2 Å². The Morgan fingerprint density at radius 1 is 1.21 bits per heavy atom. The van der Waals surface area contributed by atoms with Crippen LogP contribution in [0.5, 0.6) is 0 Å². The van der Waals surface area contributed by atoms with E-state index in [1.165, 1.54) is 0 Å². The number of nitrogens with zero attached hydrogens (tertiary/aromatic N) is 3. The fraction of sp³-hybridized carbons (Fsp3) is 0.462. The van der Waals surface area contributed by atoms with Crippen LogP contribution in [0.1, 0.15) is 31.7 Å². The Morgan fingerprint density at radius 2 is 2.00 bits per heavy atom. The number of anilines is 3. The van der Waals surface area contributed by atoms with E-state index < -0.39 is 0 Å². The number of rotatable bonds is 5. The lowest BCUT2D eigenvalue weighted by molar-refractivity contribution is 0.400. The van der Waals surface area contributed by atoms with Crippen LogP contribution < -0.4 is 10.6 Å². The van der Waals surface area contributed by atoms with E-state index in [2.05, 4.69) is 39.6 Å². The number of nitrogens with one attached hydrogen (secondary N) is 2. The Kier molecular flexibility index (Phi) is 3.99. The van der Waals surface area contributed by atoms with Gasteiger partial charge in [-0.05, 0) is 27.2 Å². The molecule has 0 bridgehead atoms. The summed E-state index contributed by atoms with van der Waals surface area (Å²) in [6.45, 7) is 8.02. The Labute approximate surface area is 112 Å². The summed E-state index contributed by atoms with van der Waals surface area (Å²) in [5.74, 6) is 2.68. The Morgan fingerprint density at radius 3 is 2.63 bits per heavy atom. The smallest absolute Gasteiger partial charge is 0.230 e. The second-order valence-electron chi connectivity index (χ2n) is 4.62. The molecule has 0 aromatic carbocycles. The Bertz CT molecular complexity index is 552. The van der Waals surface area contributed by atoms with Gasteiger partial charge >= 0.3 is 0 Å². The maximum atomic E-state index is 5.00. The molecule has 0 saturated carbocycles. The molecule has 0 saturated heterocycles. The van der Waals surface area contributed by atoms with Crippen molar-refractivity contribution < 1.29 is 4.52 Å². The van der Waals surface area contributed by atoms with Crippen LogP contribution in [0.2, 0.25) is 0 Å². The first kappa shape index (κ1) is 13.3. The molecule has 6 heteroatoms. The summed E-state index contributed by atoms with van der Waals surface area (Å²) in [4.78, 5) is 8.74. The molecule has 0 aliphatic rings. The predicted molar refractivity (Wildman–Crippen MR) is 74.7 cm³/mol. The summed E-state index contributed by atoms with van der Waals surface area (Å²) in [5, 5.41) is 10.2. The van der Waals surface area contributed by atoms with Crippen molar-refractivity contribution >= 4 is 17.6 Å². The van der Waals surface area contributed by atoms with Crippen molar-refractivity contribution in [3.8, 4) is 0 Å². The van der Waals surface area contributed by atoms with E-state index >= 15 is 0 Å². The van der Waals surface area contributed by atoms with Crippen molar-refractivity contribution in [3.63, 3.8) is 0 Å². The lowest BCUT2D eigenvalue weighted by atomic mass is 10.2. The van der Waals surface area contributed by atoms with E-state index in [1.54, 1.807) is 6.07 Å². The van der Waals surface area contributed by atoms with Gasteiger partial charge in [-0.15, -0.1) is 0 Å². The monoisotopic (exact) mass is 261 g/mol. The van der Waals surface area contributed by atoms with Crippen molar-refractivity contribution in [2.75, 3.05) is 10.6 Å².